The first-order valence-corrected chi connectivity index (χ1v) is 8.07. The molecule has 22 heavy (non-hydrogen) atoms. The van der Waals surface area contributed by atoms with Crippen molar-refractivity contribution in [2.75, 3.05) is 13.1 Å². The minimum Gasteiger partial charge on any atom is -0.481 e. The molecule has 2 heterocycles. The van der Waals surface area contributed by atoms with Gasteiger partial charge < -0.3 is 9.52 Å². The predicted molar refractivity (Wildman–Crippen MR) is 85.3 cm³/mol. The Balaban J connectivity index is 1.70. The lowest BCUT2D eigenvalue weighted by molar-refractivity contribution is -0.143. The SMILES string of the molecule is O=C(O)C1CCCN(Cc2ncc(-c3ccccc3Br)o2)C1. The summed E-state index contributed by atoms with van der Waals surface area (Å²) in [6.45, 7) is 1.99. The van der Waals surface area contributed by atoms with Crippen molar-refractivity contribution in [1.82, 2.24) is 9.88 Å². The van der Waals surface area contributed by atoms with Gasteiger partial charge in [0.15, 0.2) is 5.76 Å². The number of nitrogens with zero attached hydrogens (tertiary/aromatic N) is 2. The van der Waals surface area contributed by atoms with Crippen LogP contribution in [-0.2, 0) is 11.3 Å². The topological polar surface area (TPSA) is 66.6 Å². The van der Waals surface area contributed by atoms with Gasteiger partial charge in [-0.15, -0.1) is 0 Å². The van der Waals surface area contributed by atoms with E-state index in [1.54, 1.807) is 6.20 Å². The summed E-state index contributed by atoms with van der Waals surface area (Å²) >= 11 is 3.50. The Hall–Kier alpha value is -1.66. The number of likely N-dealkylation sites (tertiary alicyclic amines) is 1. The van der Waals surface area contributed by atoms with Crippen molar-refractivity contribution < 1.29 is 14.3 Å². The molecular weight excluding hydrogens is 348 g/mol. The van der Waals surface area contributed by atoms with Crippen molar-refractivity contribution in [3.05, 3.63) is 40.8 Å². The Morgan fingerprint density at radius 3 is 3.05 bits per heavy atom. The van der Waals surface area contributed by atoms with E-state index in [-0.39, 0.29) is 5.92 Å². The average Bonchev–Trinajstić information content (AvgIpc) is 2.96. The van der Waals surface area contributed by atoms with E-state index in [1.165, 1.54) is 0 Å². The van der Waals surface area contributed by atoms with E-state index in [4.69, 9.17) is 9.52 Å². The fourth-order valence-corrected chi connectivity index (χ4v) is 3.24. The lowest BCUT2D eigenvalue weighted by atomic mass is 9.98. The van der Waals surface area contributed by atoms with Gasteiger partial charge in [0.05, 0.1) is 18.7 Å². The quantitative estimate of drug-likeness (QED) is 0.900. The number of aromatic nitrogens is 1. The standard InChI is InChI=1S/C16H17BrN2O3/c17-13-6-2-1-5-12(13)14-8-18-15(22-14)10-19-7-3-4-11(9-19)16(20)21/h1-2,5-6,8,11H,3-4,7,9-10H2,(H,20,21). The number of carboxylic acids is 1. The molecule has 1 aromatic heterocycles. The Kier molecular flexibility index (Phi) is 4.59. The first kappa shape index (κ1) is 15.2. The minimum absolute atomic E-state index is 0.286. The molecule has 2 aromatic rings. The van der Waals surface area contributed by atoms with E-state index in [2.05, 4.69) is 25.8 Å². The highest BCUT2D eigenvalue weighted by Gasteiger charge is 2.26. The second kappa shape index (κ2) is 6.62. The molecule has 5 nitrogen and oxygen atoms in total. The van der Waals surface area contributed by atoms with Gasteiger partial charge in [-0.25, -0.2) is 4.98 Å². The molecule has 3 rings (SSSR count). The van der Waals surface area contributed by atoms with E-state index in [1.807, 2.05) is 24.3 Å². The van der Waals surface area contributed by atoms with Crippen LogP contribution in [0.25, 0.3) is 11.3 Å². The minimum atomic E-state index is -0.717. The number of carbonyl (C=O) groups is 1. The molecule has 1 atom stereocenters. The number of benzene rings is 1. The summed E-state index contributed by atoms with van der Waals surface area (Å²) in [5.74, 6) is 0.337. The highest BCUT2D eigenvalue weighted by molar-refractivity contribution is 9.10. The van der Waals surface area contributed by atoms with E-state index >= 15 is 0 Å². The number of hydrogen-bond donors (Lipinski definition) is 1. The molecule has 1 fully saturated rings. The third-order valence-corrected chi connectivity index (χ3v) is 4.60. The zero-order valence-electron chi connectivity index (χ0n) is 12.0. The van der Waals surface area contributed by atoms with Crippen LogP contribution in [0.2, 0.25) is 0 Å². The van der Waals surface area contributed by atoms with Crippen LogP contribution in [0.1, 0.15) is 18.7 Å². The number of hydrogen-bond acceptors (Lipinski definition) is 4. The van der Waals surface area contributed by atoms with E-state index in [0.29, 0.717) is 24.7 Å². The van der Waals surface area contributed by atoms with Gasteiger partial charge in [0.1, 0.15) is 0 Å². The highest BCUT2D eigenvalue weighted by atomic mass is 79.9. The summed E-state index contributed by atoms with van der Waals surface area (Å²) in [6, 6.07) is 7.82. The molecule has 1 N–H and O–H groups in total. The van der Waals surface area contributed by atoms with E-state index in [9.17, 15) is 4.79 Å². The Morgan fingerprint density at radius 2 is 2.27 bits per heavy atom. The summed E-state index contributed by atoms with van der Waals surface area (Å²) in [5.41, 5.74) is 0.961. The molecule has 0 radical (unpaired) electrons. The van der Waals surface area contributed by atoms with Crippen LogP contribution >= 0.6 is 15.9 Å². The first-order valence-electron chi connectivity index (χ1n) is 7.28. The van der Waals surface area contributed by atoms with Crippen LogP contribution in [0.5, 0.6) is 0 Å². The molecule has 0 aliphatic carbocycles. The number of rotatable bonds is 4. The molecule has 1 aliphatic heterocycles. The third kappa shape index (κ3) is 3.39. The summed E-state index contributed by atoms with van der Waals surface area (Å²) < 4.78 is 6.78. The maximum Gasteiger partial charge on any atom is 0.307 e. The van der Waals surface area contributed by atoms with E-state index < -0.39 is 5.97 Å². The van der Waals surface area contributed by atoms with Crippen molar-refractivity contribution in [2.24, 2.45) is 5.92 Å². The number of carboxylic acid groups (broad SMARTS) is 1. The summed E-state index contributed by atoms with van der Waals surface area (Å²) in [7, 11) is 0. The van der Waals surface area contributed by atoms with Crippen LogP contribution in [0.4, 0.5) is 0 Å². The smallest absolute Gasteiger partial charge is 0.307 e. The Bertz CT molecular complexity index is 671. The van der Waals surface area contributed by atoms with Crippen LogP contribution in [0, 0.1) is 5.92 Å². The maximum absolute atomic E-state index is 11.1. The fourth-order valence-electron chi connectivity index (χ4n) is 2.76. The van der Waals surface area contributed by atoms with Crippen LogP contribution < -0.4 is 0 Å². The van der Waals surface area contributed by atoms with Crippen LogP contribution in [0.15, 0.2) is 39.4 Å². The highest BCUT2D eigenvalue weighted by Crippen LogP contribution is 2.29. The van der Waals surface area contributed by atoms with Crippen molar-refractivity contribution in [2.45, 2.75) is 19.4 Å². The Labute approximate surface area is 137 Å². The zero-order valence-corrected chi connectivity index (χ0v) is 13.6. The lowest BCUT2D eigenvalue weighted by Crippen LogP contribution is -2.38. The molecule has 1 saturated heterocycles. The number of oxazole rings is 1. The van der Waals surface area contributed by atoms with Crippen LogP contribution in [0.3, 0.4) is 0 Å². The predicted octanol–water partition coefficient (Wildman–Crippen LogP) is 3.40. The van der Waals surface area contributed by atoms with Gasteiger partial charge in [0, 0.05) is 16.6 Å². The molecule has 0 bridgehead atoms. The van der Waals surface area contributed by atoms with Crippen LogP contribution in [-0.4, -0.2) is 34.0 Å². The number of halogens is 1. The first-order chi connectivity index (χ1) is 10.6. The Morgan fingerprint density at radius 1 is 1.45 bits per heavy atom. The second-order valence-corrected chi connectivity index (χ2v) is 6.36. The number of piperidine rings is 1. The molecular formula is C16H17BrN2O3. The number of aliphatic carboxylic acids is 1. The largest absolute Gasteiger partial charge is 0.481 e. The third-order valence-electron chi connectivity index (χ3n) is 3.91. The van der Waals surface area contributed by atoms with Gasteiger partial charge in [0.25, 0.3) is 0 Å². The monoisotopic (exact) mass is 364 g/mol. The van der Waals surface area contributed by atoms with Crippen molar-refractivity contribution in [3.8, 4) is 11.3 Å². The van der Waals surface area contributed by atoms with Gasteiger partial charge in [-0.1, -0.05) is 34.1 Å². The normalized spacial score (nSPS) is 19.2. The van der Waals surface area contributed by atoms with Crippen molar-refractivity contribution in [3.63, 3.8) is 0 Å². The second-order valence-electron chi connectivity index (χ2n) is 5.51. The van der Waals surface area contributed by atoms with Gasteiger partial charge in [-0.3, -0.25) is 9.69 Å². The molecule has 1 aliphatic rings. The molecule has 0 spiro atoms. The summed E-state index contributed by atoms with van der Waals surface area (Å²) in [6.07, 6.45) is 3.36. The lowest BCUT2D eigenvalue weighted by Gasteiger charge is -2.29. The zero-order chi connectivity index (χ0) is 15.5. The van der Waals surface area contributed by atoms with Gasteiger partial charge >= 0.3 is 5.97 Å². The van der Waals surface area contributed by atoms with Crippen molar-refractivity contribution in [1.29, 1.82) is 0 Å². The molecule has 6 heteroatoms. The molecule has 116 valence electrons. The van der Waals surface area contributed by atoms with Gasteiger partial charge in [0.2, 0.25) is 5.89 Å². The summed E-state index contributed by atoms with van der Waals surface area (Å²) in [4.78, 5) is 17.5. The molecule has 0 amide bonds. The van der Waals surface area contributed by atoms with E-state index in [0.717, 1.165) is 29.4 Å². The van der Waals surface area contributed by atoms with Gasteiger partial charge in [-0.05, 0) is 25.5 Å². The summed E-state index contributed by atoms with van der Waals surface area (Å²) in [5, 5.41) is 9.13. The molecule has 1 aromatic carbocycles. The maximum atomic E-state index is 11.1. The van der Waals surface area contributed by atoms with Crippen molar-refractivity contribution >= 4 is 21.9 Å². The molecule has 0 saturated carbocycles. The average molecular weight is 365 g/mol. The van der Waals surface area contributed by atoms with Gasteiger partial charge in [-0.2, -0.15) is 0 Å². The fraction of sp³-hybridized carbons (Fsp3) is 0.375. The molecule has 1 unspecified atom stereocenters.